The third kappa shape index (κ3) is 14.7. The maximum atomic E-state index is 11.3. The van der Waals surface area contributed by atoms with Gasteiger partial charge in [-0.05, 0) is 24.3 Å². The molecular weight excluding hydrogens is 236 g/mol. The van der Waals surface area contributed by atoms with Crippen molar-refractivity contribution in [2.45, 2.75) is 48.5 Å². The van der Waals surface area contributed by atoms with Crippen molar-refractivity contribution in [1.82, 2.24) is 10.6 Å². The van der Waals surface area contributed by atoms with Gasteiger partial charge in [0.15, 0.2) is 0 Å². The first-order valence-corrected chi connectivity index (χ1v) is 7.36. The van der Waals surface area contributed by atoms with Gasteiger partial charge in [0.2, 0.25) is 0 Å². The first kappa shape index (κ1) is 20.1. The Morgan fingerprint density at radius 2 is 1.68 bits per heavy atom. The summed E-state index contributed by atoms with van der Waals surface area (Å²) in [6, 6.07) is -0.111. The molecule has 0 fully saturated rings. The van der Waals surface area contributed by atoms with Crippen molar-refractivity contribution < 1.29 is 7.65 Å². The van der Waals surface area contributed by atoms with Crippen LogP contribution in [-0.4, -0.2) is 19.1 Å². The molecule has 0 aromatic rings. The third-order valence-electron chi connectivity index (χ3n) is 2.03. The highest BCUT2D eigenvalue weighted by Crippen LogP contribution is 2.05. The van der Waals surface area contributed by atoms with Crippen molar-refractivity contribution >= 4 is 6.03 Å². The summed E-state index contributed by atoms with van der Waals surface area (Å²) < 4.78 is 0. The highest BCUT2D eigenvalue weighted by molar-refractivity contribution is 5.74. The first-order chi connectivity index (χ1) is 8.95. The average Bonchev–Trinajstić information content (AvgIpc) is 2.35. The molecule has 0 saturated heterocycles. The molecular formula is C16H36N2O. The van der Waals surface area contributed by atoms with Crippen LogP contribution in [0, 0.1) is 11.8 Å². The number of hydrogen-bond acceptors (Lipinski definition) is 1. The fourth-order valence-electron chi connectivity index (χ4n) is 1.32. The van der Waals surface area contributed by atoms with Gasteiger partial charge in [-0.3, -0.25) is 0 Å². The minimum Gasteiger partial charge on any atom is -0.338 e. The summed E-state index contributed by atoms with van der Waals surface area (Å²) in [7, 11) is 0. The van der Waals surface area contributed by atoms with Gasteiger partial charge in [-0.1, -0.05) is 59.8 Å². The van der Waals surface area contributed by atoms with Crippen LogP contribution in [0.3, 0.4) is 0 Å². The van der Waals surface area contributed by atoms with Crippen LogP contribution in [0.15, 0.2) is 23.8 Å². The van der Waals surface area contributed by atoms with E-state index in [-0.39, 0.29) is 8.88 Å². The Labute approximate surface area is 122 Å². The van der Waals surface area contributed by atoms with Crippen LogP contribution in [-0.2, 0) is 0 Å². The molecule has 0 aliphatic heterocycles. The molecule has 2 N–H and O–H groups in total. The molecule has 19 heavy (non-hydrogen) atoms. The van der Waals surface area contributed by atoms with E-state index >= 15 is 0 Å². The summed E-state index contributed by atoms with van der Waals surface area (Å²) in [4.78, 5) is 11.3. The van der Waals surface area contributed by atoms with E-state index in [2.05, 4.69) is 56.6 Å². The van der Waals surface area contributed by atoms with E-state index in [1.54, 1.807) is 0 Å². The van der Waals surface area contributed by atoms with Gasteiger partial charge in [0.25, 0.3) is 0 Å². The molecule has 0 aliphatic rings. The van der Waals surface area contributed by atoms with E-state index in [0.29, 0.717) is 24.9 Å². The summed E-state index contributed by atoms with van der Waals surface area (Å²) in [6.45, 7) is 15.7. The van der Waals surface area contributed by atoms with E-state index < -0.39 is 0 Å². The number of amides is 2. The van der Waals surface area contributed by atoms with Gasteiger partial charge in [-0.25, -0.2) is 4.79 Å². The molecule has 0 heterocycles. The summed E-state index contributed by atoms with van der Waals surface area (Å²) in [5.74, 6) is 1.01. The van der Waals surface area contributed by atoms with E-state index in [0.717, 1.165) is 5.57 Å². The predicted molar refractivity (Wildman–Crippen MR) is 89.6 cm³/mol. The van der Waals surface area contributed by atoms with Gasteiger partial charge in [0, 0.05) is 15.9 Å². The molecule has 0 atom stereocenters. The van der Waals surface area contributed by atoms with Gasteiger partial charge in [-0.2, -0.15) is 0 Å². The summed E-state index contributed by atoms with van der Waals surface area (Å²) in [5.41, 5.74) is 1.15. The Bertz CT molecular complexity index is 288. The second-order valence-electron chi connectivity index (χ2n) is 4.80. The maximum Gasteiger partial charge on any atom is 0.315 e. The van der Waals surface area contributed by atoms with Crippen LogP contribution < -0.4 is 10.6 Å². The van der Waals surface area contributed by atoms with Crippen molar-refractivity contribution in [3.63, 3.8) is 0 Å². The quantitative estimate of drug-likeness (QED) is 0.681. The number of allylic oxidation sites excluding steroid dienone is 2. The maximum absolute atomic E-state index is 11.3. The number of hydrogen-bond donors (Lipinski definition) is 2. The lowest BCUT2D eigenvalue weighted by atomic mass is 10.1. The normalized spacial score (nSPS) is 11.5. The SMILES string of the molecule is CC.CCNC(=O)NCC(/C=C\C(C)C)=C/C(C)C.[HH].[HH]. The summed E-state index contributed by atoms with van der Waals surface area (Å²) >= 11 is 0. The van der Waals surface area contributed by atoms with Crippen molar-refractivity contribution in [1.29, 1.82) is 0 Å². The van der Waals surface area contributed by atoms with Crippen molar-refractivity contribution in [3.05, 3.63) is 23.8 Å². The molecule has 3 nitrogen and oxygen atoms in total. The van der Waals surface area contributed by atoms with Gasteiger partial charge in [0.1, 0.15) is 0 Å². The zero-order valence-corrected chi connectivity index (χ0v) is 13.7. The largest absolute Gasteiger partial charge is 0.338 e. The minimum absolute atomic E-state index is 0. The van der Waals surface area contributed by atoms with Crippen LogP contribution in [0.1, 0.15) is 51.3 Å². The first-order valence-electron chi connectivity index (χ1n) is 7.36. The van der Waals surface area contributed by atoms with Crippen molar-refractivity contribution in [2.24, 2.45) is 11.8 Å². The van der Waals surface area contributed by atoms with Crippen LogP contribution in [0.25, 0.3) is 0 Å². The Morgan fingerprint density at radius 1 is 1.11 bits per heavy atom. The van der Waals surface area contributed by atoms with E-state index in [9.17, 15) is 4.79 Å². The van der Waals surface area contributed by atoms with Crippen molar-refractivity contribution in [2.75, 3.05) is 13.1 Å². The van der Waals surface area contributed by atoms with Crippen LogP contribution in [0.2, 0.25) is 0 Å². The minimum atomic E-state index is -0.111. The predicted octanol–water partition coefficient (Wildman–Crippen LogP) is 4.62. The number of urea groups is 1. The number of carbonyl (C=O) groups is 1. The van der Waals surface area contributed by atoms with Gasteiger partial charge in [0.05, 0.1) is 0 Å². The Morgan fingerprint density at radius 3 is 2.11 bits per heavy atom. The molecule has 0 rings (SSSR count). The van der Waals surface area contributed by atoms with Crippen LogP contribution in [0.4, 0.5) is 4.79 Å². The summed E-state index contributed by atoms with van der Waals surface area (Å²) in [5, 5.41) is 5.56. The van der Waals surface area contributed by atoms with Crippen molar-refractivity contribution in [3.8, 4) is 0 Å². The molecule has 0 aliphatic carbocycles. The Balaban J connectivity index is -0.000000344. The lowest BCUT2D eigenvalue weighted by Crippen LogP contribution is -2.36. The smallest absolute Gasteiger partial charge is 0.315 e. The molecule has 0 aromatic carbocycles. The molecule has 0 aromatic heterocycles. The molecule has 0 unspecified atom stereocenters. The Hall–Kier alpha value is -1.25. The molecule has 0 bridgehead atoms. The summed E-state index contributed by atoms with van der Waals surface area (Å²) in [6.07, 6.45) is 6.41. The number of nitrogens with one attached hydrogen (secondary N) is 2. The van der Waals surface area contributed by atoms with Gasteiger partial charge in [-0.15, -0.1) is 0 Å². The lowest BCUT2D eigenvalue weighted by Gasteiger charge is -2.08. The second kappa shape index (κ2) is 13.2. The highest BCUT2D eigenvalue weighted by atomic mass is 16.2. The molecule has 0 radical (unpaired) electrons. The molecule has 0 saturated carbocycles. The number of carbonyl (C=O) groups excluding carboxylic acids is 1. The van der Waals surface area contributed by atoms with Crippen LogP contribution >= 0.6 is 0 Å². The Kier molecular flexibility index (Phi) is 13.9. The van der Waals surface area contributed by atoms with E-state index in [4.69, 9.17) is 0 Å². The topological polar surface area (TPSA) is 41.1 Å². The molecule has 3 heteroatoms. The standard InChI is InChI=1S/C14H26N2O.C2H6.2H2/c1-6-15-14(17)16-10-13(9-12(4)5)8-7-11(2)3;1-2;;/h7-9,11-12H,6,10H2,1-5H3,(H2,15,16,17);1-2H3;2*1H/b8-7-,13-9+;;;. The monoisotopic (exact) mass is 272 g/mol. The second-order valence-corrected chi connectivity index (χ2v) is 4.80. The van der Waals surface area contributed by atoms with Gasteiger partial charge < -0.3 is 10.6 Å². The average molecular weight is 272 g/mol. The third-order valence-corrected chi connectivity index (χ3v) is 2.03. The van der Waals surface area contributed by atoms with Crippen LogP contribution in [0.5, 0.6) is 0 Å². The van der Waals surface area contributed by atoms with Gasteiger partial charge >= 0.3 is 6.03 Å². The lowest BCUT2D eigenvalue weighted by molar-refractivity contribution is 0.242. The fraction of sp³-hybridized carbons (Fsp3) is 0.688. The highest BCUT2D eigenvalue weighted by Gasteiger charge is 2.00. The molecule has 116 valence electrons. The number of rotatable bonds is 6. The molecule has 0 spiro atoms. The fourth-order valence-corrected chi connectivity index (χ4v) is 1.32. The zero-order chi connectivity index (χ0) is 15.3. The van der Waals surface area contributed by atoms with E-state index in [1.165, 1.54) is 0 Å². The van der Waals surface area contributed by atoms with E-state index in [1.807, 2.05) is 20.8 Å². The zero-order valence-electron chi connectivity index (χ0n) is 13.7. The molecule has 2 amide bonds.